The highest BCUT2D eigenvalue weighted by atomic mass is 35.5. The number of benzene rings is 2. The second-order valence-electron chi connectivity index (χ2n) is 8.69. The maximum atomic E-state index is 13.2. The molecule has 37 heavy (non-hydrogen) atoms. The molecule has 1 N–H and O–H groups in total. The molecule has 0 fully saturated rings. The molecule has 1 aliphatic rings. The van der Waals surface area contributed by atoms with Crippen LogP contribution in [0.4, 0.5) is 5.00 Å². The van der Waals surface area contributed by atoms with Crippen LogP contribution in [0.3, 0.4) is 0 Å². The summed E-state index contributed by atoms with van der Waals surface area (Å²) >= 11 is 7.86. The molecule has 8 heteroatoms. The standard InChI is InChI=1S/C29H24ClN3O3S/c30-22-11-12-25(36-18-20-9-7-19(15-31)8-10-20)21(14-22)16-33-29-27(24-5-1-2-6-26(24)37-29)28(34)32-17-23-4-3-13-35-23/h3-4,7-14,16H,1-2,5-6,17-18H2,(H,32,34). The van der Waals surface area contributed by atoms with Gasteiger partial charge in [0.15, 0.2) is 0 Å². The van der Waals surface area contributed by atoms with Gasteiger partial charge in [-0.25, -0.2) is 4.99 Å². The monoisotopic (exact) mass is 529 g/mol. The van der Waals surface area contributed by atoms with Crippen molar-refractivity contribution in [2.45, 2.75) is 38.8 Å². The van der Waals surface area contributed by atoms with E-state index in [0.29, 0.717) is 45.8 Å². The second-order valence-corrected chi connectivity index (χ2v) is 10.2. The molecule has 6 nitrogen and oxygen atoms in total. The van der Waals surface area contributed by atoms with Crippen LogP contribution in [0.1, 0.15) is 56.1 Å². The van der Waals surface area contributed by atoms with E-state index in [0.717, 1.165) is 42.4 Å². The molecule has 4 aromatic rings. The van der Waals surface area contributed by atoms with Crippen LogP contribution in [-0.4, -0.2) is 12.1 Å². The van der Waals surface area contributed by atoms with Crippen LogP contribution in [0.2, 0.25) is 5.02 Å². The number of fused-ring (bicyclic) bond motifs is 1. The number of furan rings is 1. The molecule has 0 spiro atoms. The van der Waals surface area contributed by atoms with Gasteiger partial charge in [-0.2, -0.15) is 5.26 Å². The van der Waals surface area contributed by atoms with E-state index in [1.165, 1.54) is 4.88 Å². The summed E-state index contributed by atoms with van der Waals surface area (Å²) < 4.78 is 11.4. The van der Waals surface area contributed by atoms with Gasteiger partial charge >= 0.3 is 0 Å². The van der Waals surface area contributed by atoms with Crippen LogP contribution in [0.5, 0.6) is 5.75 Å². The lowest BCUT2D eigenvalue weighted by Gasteiger charge is -2.12. The number of aliphatic imine (C=N–C) groups is 1. The third-order valence-corrected chi connectivity index (χ3v) is 7.59. The van der Waals surface area contributed by atoms with Gasteiger partial charge < -0.3 is 14.5 Å². The van der Waals surface area contributed by atoms with Gasteiger partial charge in [-0.3, -0.25) is 4.79 Å². The SMILES string of the molecule is N#Cc1ccc(COc2ccc(Cl)cc2C=Nc2sc3c(c2C(=O)NCc2ccco2)CCCC3)cc1. The van der Waals surface area contributed by atoms with Gasteiger partial charge in [-0.1, -0.05) is 23.7 Å². The predicted octanol–water partition coefficient (Wildman–Crippen LogP) is 7.00. The molecule has 1 amide bonds. The number of carbonyl (C=O) groups is 1. The summed E-state index contributed by atoms with van der Waals surface area (Å²) in [4.78, 5) is 19.2. The largest absolute Gasteiger partial charge is 0.488 e. The number of nitrogens with one attached hydrogen (secondary N) is 1. The first-order chi connectivity index (χ1) is 18.1. The van der Waals surface area contributed by atoms with Crippen molar-refractivity contribution in [2.75, 3.05) is 0 Å². The van der Waals surface area contributed by atoms with Gasteiger partial charge in [0, 0.05) is 21.7 Å². The Morgan fingerprint density at radius 1 is 1.19 bits per heavy atom. The smallest absolute Gasteiger partial charge is 0.255 e. The molecular weight excluding hydrogens is 506 g/mol. The number of hydrogen-bond acceptors (Lipinski definition) is 6. The zero-order valence-corrected chi connectivity index (χ0v) is 21.6. The van der Waals surface area contributed by atoms with Gasteiger partial charge in [0.2, 0.25) is 0 Å². The number of ether oxygens (including phenoxy) is 1. The Balaban J connectivity index is 1.39. The molecular formula is C29H24ClN3O3S. The minimum absolute atomic E-state index is 0.147. The molecule has 2 aromatic heterocycles. The van der Waals surface area contributed by atoms with Gasteiger partial charge in [-0.05, 0) is 79.3 Å². The van der Waals surface area contributed by atoms with Crippen molar-refractivity contribution in [3.63, 3.8) is 0 Å². The summed E-state index contributed by atoms with van der Waals surface area (Å²) in [6, 6.07) is 18.4. The molecule has 0 aliphatic heterocycles. The van der Waals surface area contributed by atoms with Crippen molar-refractivity contribution >= 4 is 40.1 Å². The van der Waals surface area contributed by atoms with E-state index in [9.17, 15) is 4.79 Å². The first-order valence-electron chi connectivity index (χ1n) is 12.0. The molecule has 186 valence electrons. The quantitative estimate of drug-likeness (QED) is 0.249. The number of thiophene rings is 1. The fraction of sp³-hybridized carbons (Fsp3) is 0.207. The van der Waals surface area contributed by atoms with Crippen molar-refractivity contribution in [3.8, 4) is 11.8 Å². The van der Waals surface area contributed by atoms with E-state index < -0.39 is 0 Å². The van der Waals surface area contributed by atoms with Crippen LogP contribution in [0, 0.1) is 11.3 Å². The first kappa shape index (κ1) is 24.8. The van der Waals surface area contributed by atoms with Gasteiger partial charge in [0.25, 0.3) is 5.91 Å². The van der Waals surface area contributed by atoms with E-state index in [4.69, 9.17) is 31.0 Å². The zero-order chi connectivity index (χ0) is 25.6. The summed E-state index contributed by atoms with van der Waals surface area (Å²) in [5.74, 6) is 1.18. The lowest BCUT2D eigenvalue weighted by molar-refractivity contribution is 0.0948. The Morgan fingerprint density at radius 3 is 2.81 bits per heavy atom. The van der Waals surface area contributed by atoms with Crippen molar-refractivity contribution in [2.24, 2.45) is 4.99 Å². The van der Waals surface area contributed by atoms with E-state index >= 15 is 0 Å². The molecule has 0 bridgehead atoms. The fourth-order valence-electron chi connectivity index (χ4n) is 4.26. The number of carbonyl (C=O) groups excluding carboxylic acids is 1. The molecule has 5 rings (SSSR count). The Hall–Kier alpha value is -3.86. The summed E-state index contributed by atoms with van der Waals surface area (Å²) in [6.45, 7) is 0.656. The number of nitriles is 1. The average molecular weight is 530 g/mol. The summed E-state index contributed by atoms with van der Waals surface area (Å²) in [5, 5.41) is 13.2. The molecule has 0 unspecified atom stereocenters. The van der Waals surface area contributed by atoms with Crippen LogP contribution >= 0.6 is 22.9 Å². The number of rotatable bonds is 8. The average Bonchev–Trinajstić information content (AvgIpc) is 3.58. The molecule has 0 saturated heterocycles. The van der Waals surface area contributed by atoms with Crippen LogP contribution < -0.4 is 10.1 Å². The topological polar surface area (TPSA) is 87.6 Å². The predicted molar refractivity (Wildman–Crippen MR) is 145 cm³/mol. The highest BCUT2D eigenvalue weighted by Crippen LogP contribution is 2.40. The number of aryl methyl sites for hydroxylation is 1. The van der Waals surface area contributed by atoms with Crippen LogP contribution in [0.15, 0.2) is 70.3 Å². The minimum Gasteiger partial charge on any atom is -0.488 e. The van der Waals surface area contributed by atoms with E-state index in [-0.39, 0.29) is 5.91 Å². The van der Waals surface area contributed by atoms with Crippen molar-refractivity contribution in [1.29, 1.82) is 5.26 Å². The zero-order valence-electron chi connectivity index (χ0n) is 20.0. The number of hydrogen-bond donors (Lipinski definition) is 1. The fourth-order valence-corrected chi connectivity index (χ4v) is 5.67. The minimum atomic E-state index is -0.147. The Bertz CT molecular complexity index is 1470. The summed E-state index contributed by atoms with van der Waals surface area (Å²) in [5.41, 5.74) is 4.01. The molecule has 0 saturated carbocycles. The lowest BCUT2D eigenvalue weighted by Crippen LogP contribution is -2.23. The summed E-state index contributed by atoms with van der Waals surface area (Å²) in [7, 11) is 0. The molecule has 0 radical (unpaired) electrons. The molecule has 2 heterocycles. The molecule has 0 atom stereocenters. The summed E-state index contributed by atoms with van der Waals surface area (Å²) in [6.07, 6.45) is 7.32. The van der Waals surface area contributed by atoms with Crippen molar-refractivity contribution in [1.82, 2.24) is 5.32 Å². The second kappa shape index (κ2) is 11.5. The number of halogens is 1. The first-order valence-corrected chi connectivity index (χ1v) is 13.2. The van der Waals surface area contributed by atoms with Crippen LogP contribution in [-0.2, 0) is 26.0 Å². The van der Waals surface area contributed by atoms with Gasteiger partial charge in [0.05, 0.1) is 30.0 Å². The van der Waals surface area contributed by atoms with Gasteiger partial charge in [0.1, 0.15) is 23.1 Å². The van der Waals surface area contributed by atoms with E-state index in [2.05, 4.69) is 11.4 Å². The van der Waals surface area contributed by atoms with E-state index in [1.54, 1.807) is 54.1 Å². The van der Waals surface area contributed by atoms with Crippen LogP contribution in [0.25, 0.3) is 0 Å². The highest BCUT2D eigenvalue weighted by molar-refractivity contribution is 7.16. The normalized spacial score (nSPS) is 12.8. The Morgan fingerprint density at radius 2 is 2.03 bits per heavy atom. The maximum absolute atomic E-state index is 13.2. The Kier molecular flexibility index (Phi) is 7.69. The molecule has 1 aliphatic carbocycles. The lowest BCUT2D eigenvalue weighted by atomic mass is 9.95. The Labute approximate surface area is 224 Å². The third kappa shape index (κ3) is 5.93. The number of amides is 1. The third-order valence-electron chi connectivity index (χ3n) is 6.15. The van der Waals surface area contributed by atoms with Crippen molar-refractivity contribution in [3.05, 3.63) is 104 Å². The highest BCUT2D eigenvalue weighted by Gasteiger charge is 2.25. The molecule has 2 aromatic carbocycles. The van der Waals surface area contributed by atoms with Gasteiger partial charge in [-0.15, -0.1) is 11.3 Å². The number of nitrogens with zero attached hydrogens (tertiary/aromatic N) is 2. The maximum Gasteiger partial charge on any atom is 0.255 e. The van der Waals surface area contributed by atoms with E-state index in [1.807, 2.05) is 24.3 Å². The van der Waals surface area contributed by atoms with Crippen molar-refractivity contribution < 1.29 is 13.9 Å².